The molecule has 2 aromatic rings. The summed E-state index contributed by atoms with van der Waals surface area (Å²) >= 11 is 0. The minimum absolute atomic E-state index is 0.0752. The standard InChI is InChI=1S/C12H13F2N3O3S/c1-8-4-11(14)12(5-10(8)13)16-21(19,20)9-6-15-17(7-9)2-3-18/h4-7,16,18H,2-3H2,1H3. The smallest absolute Gasteiger partial charge is 0.265 e. The second-order valence-electron chi connectivity index (χ2n) is 4.35. The predicted octanol–water partition coefficient (Wildman–Crippen LogP) is 1.26. The van der Waals surface area contributed by atoms with Gasteiger partial charge in [0.1, 0.15) is 16.5 Å². The minimum atomic E-state index is -4.08. The van der Waals surface area contributed by atoms with Crippen LogP contribution in [-0.2, 0) is 16.6 Å². The van der Waals surface area contributed by atoms with E-state index in [1.807, 2.05) is 4.72 Å². The fourth-order valence-electron chi connectivity index (χ4n) is 1.64. The van der Waals surface area contributed by atoms with Gasteiger partial charge >= 0.3 is 0 Å². The van der Waals surface area contributed by atoms with Crippen molar-refractivity contribution in [1.82, 2.24) is 9.78 Å². The van der Waals surface area contributed by atoms with Crippen molar-refractivity contribution >= 4 is 15.7 Å². The Morgan fingerprint density at radius 1 is 1.33 bits per heavy atom. The van der Waals surface area contributed by atoms with Gasteiger partial charge in [0.2, 0.25) is 0 Å². The molecule has 0 atom stereocenters. The van der Waals surface area contributed by atoms with Gasteiger partial charge in [0.25, 0.3) is 10.0 Å². The monoisotopic (exact) mass is 317 g/mol. The van der Waals surface area contributed by atoms with Gasteiger partial charge in [-0.3, -0.25) is 9.40 Å². The fourth-order valence-corrected chi connectivity index (χ4v) is 2.65. The van der Waals surface area contributed by atoms with Crippen molar-refractivity contribution in [3.05, 3.63) is 41.7 Å². The molecule has 2 N–H and O–H groups in total. The van der Waals surface area contributed by atoms with E-state index in [0.29, 0.717) is 0 Å². The summed E-state index contributed by atoms with van der Waals surface area (Å²) in [5.41, 5.74) is -0.403. The lowest BCUT2D eigenvalue weighted by Crippen LogP contribution is -2.14. The predicted molar refractivity (Wildman–Crippen MR) is 71.2 cm³/mol. The van der Waals surface area contributed by atoms with E-state index in [1.165, 1.54) is 17.8 Å². The first-order chi connectivity index (χ1) is 9.83. The summed E-state index contributed by atoms with van der Waals surface area (Å²) in [6, 6.07) is 1.68. The Labute approximate surface area is 120 Å². The molecular weight excluding hydrogens is 304 g/mol. The highest BCUT2D eigenvalue weighted by molar-refractivity contribution is 7.92. The fraction of sp³-hybridized carbons (Fsp3) is 0.250. The molecule has 9 heteroatoms. The molecule has 0 fully saturated rings. The second kappa shape index (κ2) is 5.78. The summed E-state index contributed by atoms with van der Waals surface area (Å²) in [5.74, 6) is -1.59. The first kappa shape index (κ1) is 15.4. The second-order valence-corrected chi connectivity index (χ2v) is 6.03. The normalized spacial score (nSPS) is 11.6. The van der Waals surface area contributed by atoms with Crippen molar-refractivity contribution < 1.29 is 22.3 Å². The number of anilines is 1. The number of sulfonamides is 1. The van der Waals surface area contributed by atoms with Gasteiger partial charge in [-0.25, -0.2) is 17.2 Å². The van der Waals surface area contributed by atoms with Gasteiger partial charge in [0.15, 0.2) is 0 Å². The molecule has 1 aromatic heterocycles. The van der Waals surface area contributed by atoms with Gasteiger partial charge < -0.3 is 5.11 Å². The van der Waals surface area contributed by atoms with Crippen LogP contribution in [0.5, 0.6) is 0 Å². The van der Waals surface area contributed by atoms with Crippen molar-refractivity contribution in [2.45, 2.75) is 18.4 Å². The van der Waals surface area contributed by atoms with Crippen LogP contribution >= 0.6 is 0 Å². The van der Waals surface area contributed by atoms with E-state index in [1.54, 1.807) is 0 Å². The van der Waals surface area contributed by atoms with Crippen LogP contribution in [0.4, 0.5) is 14.5 Å². The van der Waals surface area contributed by atoms with Crippen molar-refractivity contribution in [3.8, 4) is 0 Å². The highest BCUT2D eigenvalue weighted by Crippen LogP contribution is 2.22. The molecule has 1 aromatic carbocycles. The van der Waals surface area contributed by atoms with E-state index in [9.17, 15) is 17.2 Å². The van der Waals surface area contributed by atoms with Crippen molar-refractivity contribution in [3.63, 3.8) is 0 Å². The number of aliphatic hydroxyl groups excluding tert-OH is 1. The number of aryl methyl sites for hydroxylation is 1. The summed E-state index contributed by atoms with van der Waals surface area (Å²) in [5, 5.41) is 12.5. The van der Waals surface area contributed by atoms with Gasteiger partial charge in [-0.05, 0) is 18.6 Å². The molecule has 0 spiro atoms. The van der Waals surface area contributed by atoms with E-state index >= 15 is 0 Å². The quantitative estimate of drug-likeness (QED) is 0.869. The number of nitrogens with zero attached hydrogens (tertiary/aromatic N) is 2. The van der Waals surface area contributed by atoms with Crippen LogP contribution in [0.25, 0.3) is 0 Å². The maximum atomic E-state index is 13.7. The molecule has 0 radical (unpaired) electrons. The molecule has 114 valence electrons. The molecule has 2 rings (SSSR count). The average Bonchev–Trinajstić information content (AvgIpc) is 2.86. The lowest BCUT2D eigenvalue weighted by molar-refractivity contribution is 0.269. The summed E-state index contributed by atoms with van der Waals surface area (Å²) in [6.45, 7) is 1.30. The Morgan fingerprint density at radius 3 is 2.71 bits per heavy atom. The number of rotatable bonds is 5. The van der Waals surface area contributed by atoms with Crippen LogP contribution in [0.2, 0.25) is 0 Å². The van der Waals surface area contributed by atoms with Crippen molar-refractivity contribution in [2.75, 3.05) is 11.3 Å². The van der Waals surface area contributed by atoms with Gasteiger partial charge in [0.05, 0.1) is 25.0 Å². The van der Waals surface area contributed by atoms with E-state index in [0.717, 1.165) is 18.3 Å². The van der Waals surface area contributed by atoms with E-state index < -0.39 is 27.3 Å². The Hall–Kier alpha value is -2.00. The third-order valence-electron chi connectivity index (χ3n) is 2.74. The van der Waals surface area contributed by atoms with Crippen LogP contribution in [-0.4, -0.2) is 29.9 Å². The molecular formula is C12H13F2N3O3S. The minimum Gasteiger partial charge on any atom is -0.394 e. The summed E-state index contributed by atoms with van der Waals surface area (Å²) in [6.07, 6.45) is 2.24. The number of halogens is 2. The zero-order valence-corrected chi connectivity index (χ0v) is 11.9. The molecule has 6 nitrogen and oxygen atoms in total. The highest BCUT2D eigenvalue weighted by atomic mass is 32.2. The first-order valence-electron chi connectivity index (χ1n) is 5.95. The SMILES string of the molecule is Cc1cc(F)c(NS(=O)(=O)c2cnn(CCO)c2)cc1F. The average molecular weight is 317 g/mol. The van der Waals surface area contributed by atoms with Crippen LogP contribution < -0.4 is 4.72 Å². The number of hydrogen-bond donors (Lipinski definition) is 2. The Morgan fingerprint density at radius 2 is 2.05 bits per heavy atom. The molecule has 1 heterocycles. The summed E-state index contributed by atoms with van der Waals surface area (Å²) < 4.78 is 54.3. The highest BCUT2D eigenvalue weighted by Gasteiger charge is 2.19. The maximum Gasteiger partial charge on any atom is 0.265 e. The van der Waals surface area contributed by atoms with Crippen molar-refractivity contribution in [2.24, 2.45) is 0 Å². The van der Waals surface area contributed by atoms with Gasteiger partial charge in [0, 0.05) is 12.3 Å². The Balaban J connectivity index is 2.30. The van der Waals surface area contributed by atoms with E-state index in [-0.39, 0.29) is 23.6 Å². The molecule has 21 heavy (non-hydrogen) atoms. The molecule has 0 saturated carbocycles. The number of nitrogens with one attached hydrogen (secondary N) is 1. The maximum absolute atomic E-state index is 13.7. The Kier molecular flexibility index (Phi) is 4.24. The molecule has 0 aliphatic rings. The molecule has 0 amide bonds. The largest absolute Gasteiger partial charge is 0.394 e. The third kappa shape index (κ3) is 3.37. The summed E-state index contributed by atoms with van der Waals surface area (Å²) in [4.78, 5) is -0.212. The molecule has 0 unspecified atom stereocenters. The van der Waals surface area contributed by atoms with Crippen LogP contribution in [0.3, 0.4) is 0 Å². The topological polar surface area (TPSA) is 84.2 Å². The van der Waals surface area contributed by atoms with Gasteiger partial charge in [-0.2, -0.15) is 5.10 Å². The summed E-state index contributed by atoms with van der Waals surface area (Å²) in [7, 11) is -4.08. The number of aromatic nitrogens is 2. The molecule has 0 aliphatic heterocycles. The van der Waals surface area contributed by atoms with Gasteiger partial charge in [-0.15, -0.1) is 0 Å². The van der Waals surface area contributed by atoms with E-state index in [2.05, 4.69) is 5.10 Å². The molecule has 0 bridgehead atoms. The number of hydrogen-bond acceptors (Lipinski definition) is 4. The first-order valence-corrected chi connectivity index (χ1v) is 7.43. The van der Waals surface area contributed by atoms with E-state index in [4.69, 9.17) is 5.11 Å². The number of benzene rings is 1. The lowest BCUT2D eigenvalue weighted by atomic mass is 10.2. The van der Waals surface area contributed by atoms with Crippen LogP contribution in [0.15, 0.2) is 29.4 Å². The number of aliphatic hydroxyl groups is 1. The lowest BCUT2D eigenvalue weighted by Gasteiger charge is -2.08. The Bertz CT molecular complexity index is 759. The van der Waals surface area contributed by atoms with Gasteiger partial charge in [-0.1, -0.05) is 0 Å². The molecule has 0 aliphatic carbocycles. The third-order valence-corrected chi connectivity index (χ3v) is 4.06. The molecule has 0 saturated heterocycles. The zero-order chi connectivity index (χ0) is 15.6. The zero-order valence-electron chi connectivity index (χ0n) is 11.0. The van der Waals surface area contributed by atoms with Crippen LogP contribution in [0, 0.1) is 18.6 Å². The van der Waals surface area contributed by atoms with Crippen LogP contribution in [0.1, 0.15) is 5.56 Å². The van der Waals surface area contributed by atoms with Crippen molar-refractivity contribution in [1.29, 1.82) is 0 Å².